The second kappa shape index (κ2) is 17.2. The summed E-state index contributed by atoms with van der Waals surface area (Å²) in [5.41, 5.74) is 3.70. The molecule has 13 heteroatoms. The van der Waals surface area contributed by atoms with E-state index in [9.17, 15) is 24.0 Å². The van der Waals surface area contributed by atoms with Gasteiger partial charge in [0.2, 0.25) is 17.7 Å². The molecule has 0 saturated carbocycles. The van der Waals surface area contributed by atoms with Crippen molar-refractivity contribution in [1.82, 2.24) is 19.7 Å². The monoisotopic (exact) mass is 814 g/mol. The van der Waals surface area contributed by atoms with Gasteiger partial charge >= 0.3 is 12.2 Å². The van der Waals surface area contributed by atoms with E-state index in [1.165, 1.54) is 4.90 Å². The smallest absolute Gasteiger partial charge is 0.410 e. The zero-order chi connectivity index (χ0) is 42.7. The fourth-order valence-electron chi connectivity index (χ4n) is 8.63. The van der Waals surface area contributed by atoms with Crippen molar-refractivity contribution >= 4 is 41.4 Å². The predicted octanol–water partition coefficient (Wildman–Crippen LogP) is 7.23. The van der Waals surface area contributed by atoms with Gasteiger partial charge in [0.15, 0.2) is 0 Å². The number of benzene rings is 3. The van der Waals surface area contributed by atoms with Gasteiger partial charge in [0.1, 0.15) is 24.6 Å². The lowest BCUT2D eigenvalue weighted by molar-refractivity contribution is -0.148. The second-order valence-electron chi connectivity index (χ2n) is 17.2. The molecule has 1 aliphatic carbocycles. The van der Waals surface area contributed by atoms with Crippen molar-refractivity contribution in [1.29, 1.82) is 0 Å². The molecule has 1 aromatic heterocycles. The number of rotatable bonds is 11. The molecule has 1 saturated heterocycles. The SMILES string of the molecule is CCC1(C(=O)N(CC(=O)Nc2ccc3c(c2)C[C@@]2(C3)C(=O)Nc3ncccc32)Cc2ccccc2CN(C)C(=O)OC(C)(C)C)CCN(C(=O)OCc2ccccc2)CC1. The Bertz CT molecular complexity index is 2270. The summed E-state index contributed by atoms with van der Waals surface area (Å²) in [5, 5.41) is 5.97. The van der Waals surface area contributed by atoms with Gasteiger partial charge in [0.25, 0.3) is 0 Å². The number of hydrogen-bond donors (Lipinski definition) is 2. The predicted molar refractivity (Wildman–Crippen MR) is 227 cm³/mol. The van der Waals surface area contributed by atoms with Crippen LogP contribution < -0.4 is 10.6 Å². The Morgan fingerprint density at radius 2 is 1.57 bits per heavy atom. The van der Waals surface area contributed by atoms with Crippen LogP contribution in [0.4, 0.5) is 21.1 Å². The van der Waals surface area contributed by atoms with Crippen LogP contribution in [0.2, 0.25) is 0 Å². The van der Waals surface area contributed by atoms with Crippen LogP contribution in [0.25, 0.3) is 0 Å². The standard InChI is InChI=1S/C47H54N6O7/c1-6-46(20-23-52(24-21-46)44(58)59-31-32-13-8-7-9-14-32)42(56)53(29-35-16-11-10-15-34(35)28-51(5)43(57)60-45(2,3)4)30-39(54)49-37-19-18-33-26-47(27-36(33)25-37)38-17-12-22-48-40(38)50-41(47)55/h7-19,22,25H,6,20-21,23-24,26-31H2,1-5H3,(H,49,54)(H,48,50,55)/t47-/m1/s1. The Hall–Kier alpha value is -6.24. The molecule has 1 atom stereocenters. The van der Waals surface area contributed by atoms with Crippen molar-refractivity contribution in [2.24, 2.45) is 5.41 Å². The zero-order valence-electron chi connectivity index (χ0n) is 35.1. The van der Waals surface area contributed by atoms with E-state index in [1.807, 2.05) is 113 Å². The molecule has 1 spiro atoms. The molecule has 4 aromatic rings. The quantitative estimate of drug-likeness (QED) is 0.161. The number of fused-ring (bicyclic) bond motifs is 3. The number of nitrogens with zero attached hydrogens (tertiary/aromatic N) is 4. The third kappa shape index (κ3) is 9.00. The number of anilines is 2. The van der Waals surface area contributed by atoms with Crippen molar-refractivity contribution in [3.63, 3.8) is 0 Å². The second-order valence-corrected chi connectivity index (χ2v) is 17.2. The summed E-state index contributed by atoms with van der Waals surface area (Å²) < 4.78 is 11.2. The van der Waals surface area contributed by atoms with Gasteiger partial charge in [-0.05, 0) is 98.9 Å². The third-order valence-corrected chi connectivity index (χ3v) is 12.0. The van der Waals surface area contributed by atoms with Crippen molar-refractivity contribution < 1.29 is 33.4 Å². The highest BCUT2D eigenvalue weighted by atomic mass is 16.6. The van der Waals surface area contributed by atoms with E-state index in [1.54, 1.807) is 23.0 Å². The lowest BCUT2D eigenvalue weighted by atomic mass is 9.74. The van der Waals surface area contributed by atoms with Gasteiger partial charge in [-0.15, -0.1) is 0 Å². The molecule has 3 heterocycles. The van der Waals surface area contributed by atoms with Crippen LogP contribution >= 0.6 is 0 Å². The largest absolute Gasteiger partial charge is 0.445 e. The molecule has 5 amide bonds. The average Bonchev–Trinajstić information content (AvgIpc) is 3.75. The highest BCUT2D eigenvalue weighted by Gasteiger charge is 2.51. The number of hydrogen-bond acceptors (Lipinski definition) is 8. The van der Waals surface area contributed by atoms with Gasteiger partial charge < -0.3 is 34.8 Å². The Labute approximate surface area is 351 Å². The summed E-state index contributed by atoms with van der Waals surface area (Å²) in [4.78, 5) is 77.4. The van der Waals surface area contributed by atoms with E-state index >= 15 is 0 Å². The first kappa shape index (κ1) is 41.9. The number of likely N-dealkylation sites (tertiary alicyclic amines) is 1. The lowest BCUT2D eigenvalue weighted by Gasteiger charge is -2.42. The number of amides is 5. The number of piperidine rings is 1. The Balaban J connectivity index is 1.09. The molecule has 60 heavy (non-hydrogen) atoms. The van der Waals surface area contributed by atoms with Gasteiger partial charge in [0, 0.05) is 50.7 Å². The topological polar surface area (TPSA) is 150 Å². The van der Waals surface area contributed by atoms with Gasteiger partial charge in [-0.25, -0.2) is 14.6 Å². The highest BCUT2D eigenvalue weighted by Crippen LogP contribution is 2.47. The molecule has 0 unspecified atom stereocenters. The molecule has 314 valence electrons. The number of aromatic nitrogens is 1. The molecule has 0 radical (unpaired) electrons. The summed E-state index contributed by atoms with van der Waals surface area (Å²) in [6, 6.07) is 26.5. The van der Waals surface area contributed by atoms with E-state index in [0.29, 0.717) is 56.7 Å². The summed E-state index contributed by atoms with van der Waals surface area (Å²) in [7, 11) is 1.67. The van der Waals surface area contributed by atoms with Crippen molar-refractivity contribution in [2.75, 3.05) is 37.3 Å². The molecule has 3 aliphatic rings. The maximum absolute atomic E-state index is 14.9. The number of nitrogens with one attached hydrogen (secondary N) is 2. The van der Waals surface area contributed by atoms with Gasteiger partial charge in [-0.2, -0.15) is 0 Å². The van der Waals surface area contributed by atoms with Crippen molar-refractivity contribution in [2.45, 2.75) is 90.5 Å². The number of carbonyl (C=O) groups excluding carboxylic acids is 5. The molecule has 2 N–H and O–H groups in total. The minimum atomic E-state index is -0.826. The number of pyridine rings is 1. The first-order chi connectivity index (χ1) is 28.7. The van der Waals surface area contributed by atoms with Crippen LogP contribution in [0.3, 0.4) is 0 Å². The van der Waals surface area contributed by atoms with Crippen molar-refractivity contribution in [3.05, 3.63) is 125 Å². The van der Waals surface area contributed by atoms with Crippen LogP contribution in [0.5, 0.6) is 0 Å². The van der Waals surface area contributed by atoms with Gasteiger partial charge in [0.05, 0.1) is 10.8 Å². The summed E-state index contributed by atoms with van der Waals surface area (Å²) in [6.45, 7) is 8.34. The first-order valence-electron chi connectivity index (χ1n) is 20.6. The minimum absolute atomic E-state index is 0.0792. The Morgan fingerprint density at radius 1 is 0.883 bits per heavy atom. The Kier molecular flexibility index (Phi) is 12.0. The van der Waals surface area contributed by atoms with Crippen LogP contribution in [0.1, 0.15) is 80.3 Å². The maximum atomic E-state index is 14.9. The molecule has 13 nitrogen and oxygen atoms in total. The average molecular weight is 815 g/mol. The van der Waals surface area contributed by atoms with E-state index in [-0.39, 0.29) is 44.0 Å². The fraction of sp³-hybridized carbons (Fsp3) is 0.404. The molecule has 7 rings (SSSR count). The summed E-state index contributed by atoms with van der Waals surface area (Å²) in [6.07, 6.45) is 3.10. The van der Waals surface area contributed by atoms with Crippen LogP contribution in [0, 0.1) is 5.41 Å². The van der Waals surface area contributed by atoms with Crippen LogP contribution in [-0.2, 0) is 61.8 Å². The first-order valence-corrected chi connectivity index (χ1v) is 20.6. The zero-order valence-corrected chi connectivity index (χ0v) is 35.1. The number of carbonyl (C=O) groups is 5. The van der Waals surface area contributed by atoms with Crippen molar-refractivity contribution in [3.8, 4) is 0 Å². The van der Waals surface area contributed by atoms with Gasteiger partial charge in [-0.1, -0.05) is 73.7 Å². The number of ether oxygens (including phenoxy) is 2. The van der Waals surface area contributed by atoms with Crippen LogP contribution in [0.15, 0.2) is 91.1 Å². The molecular weight excluding hydrogens is 761 g/mol. The molecular formula is C47H54N6O7. The summed E-state index contributed by atoms with van der Waals surface area (Å²) >= 11 is 0. The van der Waals surface area contributed by atoms with Gasteiger partial charge in [-0.3, -0.25) is 14.4 Å². The fourth-order valence-corrected chi connectivity index (χ4v) is 8.63. The minimum Gasteiger partial charge on any atom is -0.445 e. The molecule has 0 bridgehead atoms. The van der Waals surface area contributed by atoms with E-state index in [4.69, 9.17) is 9.47 Å². The molecule has 2 aliphatic heterocycles. The summed E-state index contributed by atoms with van der Waals surface area (Å²) in [5.74, 6) is -0.0431. The molecule has 1 fully saturated rings. The third-order valence-electron chi connectivity index (χ3n) is 12.0. The normalized spacial score (nSPS) is 17.6. The maximum Gasteiger partial charge on any atom is 0.410 e. The van der Waals surface area contributed by atoms with E-state index in [0.717, 1.165) is 33.4 Å². The lowest BCUT2D eigenvalue weighted by Crippen LogP contribution is -2.52. The highest BCUT2D eigenvalue weighted by molar-refractivity contribution is 6.06. The Morgan fingerprint density at radius 3 is 2.27 bits per heavy atom. The van der Waals surface area contributed by atoms with E-state index in [2.05, 4.69) is 15.6 Å². The van der Waals surface area contributed by atoms with E-state index < -0.39 is 28.6 Å². The molecule has 3 aromatic carbocycles. The van der Waals surface area contributed by atoms with Crippen LogP contribution in [-0.4, -0.2) is 81.9 Å².